The van der Waals surface area contributed by atoms with Crippen LogP contribution in [-0.2, 0) is 4.74 Å². The molecule has 0 saturated heterocycles. The third-order valence-corrected chi connectivity index (χ3v) is 2.42. The minimum atomic E-state index is -0.211. The van der Waals surface area contributed by atoms with E-state index in [2.05, 4.69) is 20.3 Å². The molecule has 0 spiro atoms. The zero-order valence-electron chi connectivity index (χ0n) is 11.1. The third-order valence-electron chi connectivity index (χ3n) is 2.25. The number of methoxy groups -OCH3 is 1. The average molecular weight is 291 g/mol. The lowest BCUT2D eigenvalue weighted by molar-refractivity contribution is 0.174. The molecule has 0 aromatic carbocycles. The van der Waals surface area contributed by atoms with Gasteiger partial charge in [-0.2, -0.15) is 15.0 Å². The molecule has 19 heavy (non-hydrogen) atoms. The van der Waals surface area contributed by atoms with Crippen LogP contribution in [0.5, 0.6) is 6.01 Å². The van der Waals surface area contributed by atoms with E-state index in [1.807, 2.05) is 6.92 Å². The largest absolute Gasteiger partial charge is 0.463 e. The van der Waals surface area contributed by atoms with Gasteiger partial charge in [-0.15, -0.1) is 0 Å². The summed E-state index contributed by atoms with van der Waals surface area (Å²) in [7, 11) is 1.60. The van der Waals surface area contributed by atoms with Gasteiger partial charge < -0.3 is 19.9 Å². The van der Waals surface area contributed by atoms with E-state index in [9.17, 15) is 5.11 Å². The highest BCUT2D eigenvalue weighted by molar-refractivity contribution is 6.28. The summed E-state index contributed by atoms with van der Waals surface area (Å²) < 4.78 is 10.3. The van der Waals surface area contributed by atoms with Crippen molar-refractivity contribution in [3.05, 3.63) is 5.28 Å². The van der Waals surface area contributed by atoms with E-state index in [4.69, 9.17) is 21.1 Å². The first kappa shape index (κ1) is 15.9. The van der Waals surface area contributed by atoms with Gasteiger partial charge in [0.1, 0.15) is 0 Å². The highest BCUT2D eigenvalue weighted by atomic mass is 35.5. The first-order valence-corrected chi connectivity index (χ1v) is 6.48. The van der Waals surface area contributed by atoms with Gasteiger partial charge in [-0.1, -0.05) is 6.92 Å². The molecule has 0 radical (unpaired) electrons. The van der Waals surface area contributed by atoms with Crippen LogP contribution in [0.25, 0.3) is 0 Å². The molecule has 1 unspecified atom stereocenters. The number of halogens is 1. The van der Waals surface area contributed by atoms with Gasteiger partial charge in [-0.05, 0) is 24.4 Å². The summed E-state index contributed by atoms with van der Waals surface area (Å²) in [6, 6.07) is -0.0368. The SMILES string of the molecule is CCCOc1nc(Cl)nc(NC(CO)CCOC)n1. The molecule has 0 saturated carbocycles. The second kappa shape index (κ2) is 8.84. The van der Waals surface area contributed by atoms with E-state index >= 15 is 0 Å². The molecule has 0 bridgehead atoms. The summed E-state index contributed by atoms with van der Waals surface area (Å²) >= 11 is 5.79. The lowest BCUT2D eigenvalue weighted by Crippen LogP contribution is -2.26. The molecule has 0 amide bonds. The molecule has 0 aliphatic rings. The standard InChI is InChI=1S/C11H19ClN4O3/c1-3-5-19-11-15-9(12)14-10(16-11)13-8(7-17)4-6-18-2/h8,17H,3-7H2,1-2H3,(H,13,14,15,16). The molecule has 2 N–H and O–H groups in total. The number of aromatic nitrogens is 3. The summed E-state index contributed by atoms with van der Waals surface area (Å²) in [5.74, 6) is 0.279. The first-order valence-electron chi connectivity index (χ1n) is 6.10. The minimum Gasteiger partial charge on any atom is -0.463 e. The van der Waals surface area contributed by atoms with Crippen LogP contribution in [0.1, 0.15) is 19.8 Å². The van der Waals surface area contributed by atoms with Gasteiger partial charge >= 0.3 is 6.01 Å². The fourth-order valence-electron chi connectivity index (χ4n) is 1.31. The quantitative estimate of drug-likeness (QED) is 0.704. The Morgan fingerprint density at radius 1 is 1.32 bits per heavy atom. The summed E-state index contributed by atoms with van der Waals surface area (Å²) in [6.07, 6.45) is 1.47. The Kier molecular flexibility index (Phi) is 7.39. The third kappa shape index (κ3) is 6.00. The maximum Gasteiger partial charge on any atom is 0.322 e. The van der Waals surface area contributed by atoms with E-state index in [-0.39, 0.29) is 29.9 Å². The molecule has 1 aromatic rings. The van der Waals surface area contributed by atoms with E-state index in [0.717, 1.165) is 6.42 Å². The molecular weight excluding hydrogens is 272 g/mol. The average Bonchev–Trinajstić information content (AvgIpc) is 2.40. The van der Waals surface area contributed by atoms with E-state index in [1.165, 1.54) is 0 Å². The van der Waals surface area contributed by atoms with Crippen molar-refractivity contribution < 1.29 is 14.6 Å². The van der Waals surface area contributed by atoms with Crippen molar-refractivity contribution in [3.8, 4) is 6.01 Å². The number of anilines is 1. The molecule has 0 fully saturated rings. The number of rotatable bonds is 9. The predicted octanol–water partition coefficient (Wildman–Crippen LogP) is 1.12. The Morgan fingerprint density at radius 2 is 2.11 bits per heavy atom. The Balaban J connectivity index is 2.67. The summed E-state index contributed by atoms with van der Waals surface area (Å²) in [5.41, 5.74) is 0. The number of aliphatic hydroxyl groups is 1. The number of ether oxygens (including phenoxy) is 2. The molecule has 7 nitrogen and oxygen atoms in total. The fourth-order valence-corrected chi connectivity index (χ4v) is 1.46. The van der Waals surface area contributed by atoms with Crippen molar-refractivity contribution in [2.45, 2.75) is 25.8 Å². The molecule has 1 atom stereocenters. The van der Waals surface area contributed by atoms with Gasteiger partial charge in [0.15, 0.2) is 0 Å². The van der Waals surface area contributed by atoms with Crippen molar-refractivity contribution in [2.24, 2.45) is 0 Å². The highest BCUT2D eigenvalue weighted by Gasteiger charge is 2.11. The topological polar surface area (TPSA) is 89.4 Å². The molecule has 1 rings (SSSR count). The van der Waals surface area contributed by atoms with Crippen LogP contribution in [0.15, 0.2) is 0 Å². The van der Waals surface area contributed by atoms with E-state index in [1.54, 1.807) is 7.11 Å². The van der Waals surface area contributed by atoms with Crippen molar-refractivity contribution in [1.29, 1.82) is 0 Å². The lowest BCUT2D eigenvalue weighted by atomic mass is 10.2. The van der Waals surface area contributed by atoms with E-state index in [0.29, 0.717) is 19.6 Å². The van der Waals surface area contributed by atoms with Gasteiger partial charge in [-0.3, -0.25) is 0 Å². The Labute approximate surface area is 117 Å². The molecule has 108 valence electrons. The number of nitrogens with zero attached hydrogens (tertiary/aromatic N) is 3. The second-order valence-corrected chi connectivity index (χ2v) is 4.20. The van der Waals surface area contributed by atoms with Gasteiger partial charge in [0.2, 0.25) is 11.2 Å². The van der Waals surface area contributed by atoms with E-state index < -0.39 is 0 Å². The van der Waals surface area contributed by atoms with Crippen LogP contribution in [0.3, 0.4) is 0 Å². The zero-order chi connectivity index (χ0) is 14.1. The molecule has 0 aliphatic carbocycles. The van der Waals surface area contributed by atoms with Crippen LogP contribution in [0.4, 0.5) is 5.95 Å². The van der Waals surface area contributed by atoms with Crippen molar-refractivity contribution in [3.63, 3.8) is 0 Å². The monoisotopic (exact) mass is 290 g/mol. The predicted molar refractivity (Wildman–Crippen MR) is 71.6 cm³/mol. The van der Waals surface area contributed by atoms with Crippen molar-refractivity contribution >= 4 is 17.5 Å². The van der Waals surface area contributed by atoms with Crippen LogP contribution in [0, 0.1) is 0 Å². The highest BCUT2D eigenvalue weighted by Crippen LogP contribution is 2.13. The van der Waals surface area contributed by atoms with Crippen LogP contribution in [-0.4, -0.2) is 53.0 Å². The second-order valence-electron chi connectivity index (χ2n) is 3.86. The molecule has 1 heterocycles. The van der Waals surface area contributed by atoms with Gasteiger partial charge in [0.25, 0.3) is 0 Å². The number of hydrogen-bond acceptors (Lipinski definition) is 7. The Bertz CT molecular complexity index is 381. The van der Waals surface area contributed by atoms with Gasteiger partial charge in [0.05, 0.1) is 19.3 Å². The first-order chi connectivity index (χ1) is 9.19. The van der Waals surface area contributed by atoms with Gasteiger partial charge in [-0.25, -0.2) is 0 Å². The van der Waals surface area contributed by atoms with Crippen LogP contribution < -0.4 is 10.1 Å². The Hall–Kier alpha value is -1.18. The number of nitrogens with one attached hydrogen (secondary N) is 1. The van der Waals surface area contributed by atoms with Crippen molar-refractivity contribution in [2.75, 3.05) is 32.2 Å². The van der Waals surface area contributed by atoms with Gasteiger partial charge in [0, 0.05) is 13.7 Å². The minimum absolute atomic E-state index is 0.0482. The Morgan fingerprint density at radius 3 is 2.74 bits per heavy atom. The lowest BCUT2D eigenvalue weighted by Gasteiger charge is -2.15. The maximum atomic E-state index is 9.24. The van der Waals surface area contributed by atoms with Crippen LogP contribution in [0.2, 0.25) is 5.28 Å². The smallest absolute Gasteiger partial charge is 0.322 e. The summed E-state index contributed by atoms with van der Waals surface area (Å²) in [5, 5.41) is 12.3. The maximum absolute atomic E-state index is 9.24. The number of hydrogen-bond donors (Lipinski definition) is 2. The summed E-state index contributed by atoms with van der Waals surface area (Å²) in [6.45, 7) is 2.95. The fraction of sp³-hybridized carbons (Fsp3) is 0.727. The number of aliphatic hydroxyl groups excluding tert-OH is 1. The van der Waals surface area contributed by atoms with Crippen LogP contribution >= 0.6 is 11.6 Å². The molecular formula is C11H19ClN4O3. The molecule has 0 aliphatic heterocycles. The molecule has 8 heteroatoms. The molecule has 1 aromatic heterocycles. The summed E-state index contributed by atoms with van der Waals surface area (Å²) in [4.78, 5) is 11.9. The van der Waals surface area contributed by atoms with Crippen molar-refractivity contribution in [1.82, 2.24) is 15.0 Å². The normalized spacial score (nSPS) is 12.2. The zero-order valence-corrected chi connectivity index (χ0v) is 11.9.